The number of carbonyl (C=O) groups excluding carboxylic acids is 1. The summed E-state index contributed by atoms with van der Waals surface area (Å²) in [6, 6.07) is 8.98. The van der Waals surface area contributed by atoms with E-state index in [0.717, 1.165) is 25.6 Å². The van der Waals surface area contributed by atoms with Gasteiger partial charge in [0.1, 0.15) is 0 Å². The fourth-order valence-electron chi connectivity index (χ4n) is 2.87. The van der Waals surface area contributed by atoms with E-state index in [-0.39, 0.29) is 5.78 Å². The van der Waals surface area contributed by atoms with Gasteiger partial charge in [0.25, 0.3) is 0 Å². The fraction of sp³-hybridized carbons (Fsp3) is 0.529. The zero-order valence-electron chi connectivity index (χ0n) is 12.9. The first-order valence-corrected chi connectivity index (χ1v) is 7.49. The number of nitriles is 1. The van der Waals surface area contributed by atoms with Crippen LogP contribution in [0.2, 0.25) is 0 Å². The SMILES string of the molecule is CN(C)CC1CCN(CC(=O)c2ccc(C#N)cc2)CC1. The van der Waals surface area contributed by atoms with E-state index in [9.17, 15) is 4.79 Å². The van der Waals surface area contributed by atoms with Gasteiger partial charge in [0.2, 0.25) is 0 Å². The summed E-state index contributed by atoms with van der Waals surface area (Å²) in [5.41, 5.74) is 1.29. The molecular formula is C17H23N3O. The molecule has 0 unspecified atom stereocenters. The van der Waals surface area contributed by atoms with Crippen LogP contribution < -0.4 is 0 Å². The van der Waals surface area contributed by atoms with Gasteiger partial charge < -0.3 is 4.90 Å². The number of Topliss-reactive ketones (excluding diaryl/α,β-unsaturated/α-hetero) is 1. The molecular weight excluding hydrogens is 262 g/mol. The quantitative estimate of drug-likeness (QED) is 0.777. The minimum absolute atomic E-state index is 0.144. The molecule has 0 amide bonds. The van der Waals surface area contributed by atoms with E-state index in [1.54, 1.807) is 24.3 Å². The van der Waals surface area contributed by atoms with Crippen LogP contribution in [0.4, 0.5) is 0 Å². The third-order valence-electron chi connectivity index (χ3n) is 4.03. The maximum Gasteiger partial charge on any atom is 0.176 e. The van der Waals surface area contributed by atoms with Crippen molar-refractivity contribution >= 4 is 5.78 Å². The third kappa shape index (κ3) is 4.66. The highest BCUT2D eigenvalue weighted by molar-refractivity contribution is 5.97. The lowest BCUT2D eigenvalue weighted by Gasteiger charge is -2.32. The first-order chi connectivity index (χ1) is 10.1. The molecule has 4 heteroatoms. The second-order valence-corrected chi connectivity index (χ2v) is 6.09. The van der Waals surface area contributed by atoms with Crippen molar-refractivity contribution in [2.45, 2.75) is 12.8 Å². The number of nitrogens with zero attached hydrogens (tertiary/aromatic N) is 3. The molecule has 1 saturated heterocycles. The van der Waals surface area contributed by atoms with Gasteiger partial charge in [0.05, 0.1) is 18.2 Å². The van der Waals surface area contributed by atoms with Gasteiger partial charge in [-0.05, 0) is 58.1 Å². The highest BCUT2D eigenvalue weighted by atomic mass is 16.1. The Morgan fingerprint density at radius 2 is 1.90 bits per heavy atom. The standard InChI is InChI=1S/C17H23N3O/c1-19(2)12-15-7-9-20(10-8-15)13-17(21)16-5-3-14(11-18)4-6-16/h3-6,15H,7-10,12-13H2,1-2H3. The minimum Gasteiger partial charge on any atom is -0.309 e. The van der Waals surface area contributed by atoms with Crippen LogP contribution in [0.3, 0.4) is 0 Å². The molecule has 0 saturated carbocycles. The molecule has 4 nitrogen and oxygen atoms in total. The molecule has 0 atom stereocenters. The Kier molecular flexibility index (Phi) is 5.49. The van der Waals surface area contributed by atoms with Crippen molar-refractivity contribution < 1.29 is 4.79 Å². The number of hydrogen-bond donors (Lipinski definition) is 0. The Morgan fingerprint density at radius 3 is 2.43 bits per heavy atom. The first kappa shape index (κ1) is 15.7. The molecule has 112 valence electrons. The number of hydrogen-bond acceptors (Lipinski definition) is 4. The van der Waals surface area contributed by atoms with E-state index in [1.165, 1.54) is 12.8 Å². The summed E-state index contributed by atoms with van der Waals surface area (Å²) in [6.07, 6.45) is 2.33. The van der Waals surface area contributed by atoms with E-state index in [0.29, 0.717) is 17.7 Å². The molecule has 1 aromatic rings. The van der Waals surface area contributed by atoms with Crippen molar-refractivity contribution in [3.8, 4) is 6.07 Å². The van der Waals surface area contributed by atoms with Gasteiger partial charge in [-0.25, -0.2) is 0 Å². The maximum absolute atomic E-state index is 12.2. The van der Waals surface area contributed by atoms with E-state index in [4.69, 9.17) is 5.26 Å². The van der Waals surface area contributed by atoms with Crippen LogP contribution in [0.15, 0.2) is 24.3 Å². The highest BCUT2D eigenvalue weighted by Crippen LogP contribution is 2.18. The summed E-state index contributed by atoms with van der Waals surface area (Å²) in [6.45, 7) is 3.62. The van der Waals surface area contributed by atoms with Crippen LogP contribution in [0.5, 0.6) is 0 Å². The van der Waals surface area contributed by atoms with Gasteiger partial charge in [-0.15, -0.1) is 0 Å². The zero-order chi connectivity index (χ0) is 15.2. The van der Waals surface area contributed by atoms with Crippen molar-refractivity contribution in [2.24, 2.45) is 5.92 Å². The normalized spacial score (nSPS) is 16.9. The van der Waals surface area contributed by atoms with Crippen LogP contribution >= 0.6 is 0 Å². The Hall–Kier alpha value is -1.70. The summed E-state index contributed by atoms with van der Waals surface area (Å²) in [7, 11) is 4.22. The van der Waals surface area contributed by atoms with Gasteiger partial charge >= 0.3 is 0 Å². The van der Waals surface area contributed by atoms with E-state index < -0.39 is 0 Å². The summed E-state index contributed by atoms with van der Waals surface area (Å²) < 4.78 is 0. The monoisotopic (exact) mass is 285 g/mol. The number of piperidine rings is 1. The van der Waals surface area contributed by atoms with Gasteiger partial charge in [-0.2, -0.15) is 5.26 Å². The predicted molar refractivity (Wildman–Crippen MR) is 83.2 cm³/mol. The van der Waals surface area contributed by atoms with E-state index in [1.807, 2.05) is 0 Å². The Labute approximate surface area is 127 Å². The summed E-state index contributed by atoms with van der Waals surface area (Å²) in [5.74, 6) is 0.895. The number of rotatable bonds is 5. The van der Waals surface area contributed by atoms with E-state index >= 15 is 0 Å². The maximum atomic E-state index is 12.2. The molecule has 1 aliphatic heterocycles. The molecule has 0 bridgehead atoms. The highest BCUT2D eigenvalue weighted by Gasteiger charge is 2.21. The molecule has 0 aliphatic carbocycles. The van der Waals surface area contributed by atoms with Crippen molar-refractivity contribution in [1.82, 2.24) is 9.80 Å². The molecule has 2 rings (SSSR count). The lowest BCUT2D eigenvalue weighted by Crippen LogP contribution is -2.39. The van der Waals surface area contributed by atoms with Gasteiger partial charge in [0.15, 0.2) is 5.78 Å². The number of likely N-dealkylation sites (tertiary alicyclic amines) is 1. The molecule has 21 heavy (non-hydrogen) atoms. The topological polar surface area (TPSA) is 47.3 Å². The predicted octanol–water partition coefficient (Wildman–Crippen LogP) is 2.01. The van der Waals surface area contributed by atoms with Crippen molar-refractivity contribution in [3.05, 3.63) is 35.4 Å². The van der Waals surface area contributed by atoms with Crippen LogP contribution in [0.1, 0.15) is 28.8 Å². The summed E-state index contributed by atoms with van der Waals surface area (Å²) >= 11 is 0. The Balaban J connectivity index is 1.82. The average Bonchev–Trinajstić information content (AvgIpc) is 2.49. The van der Waals surface area contributed by atoms with Crippen LogP contribution in [-0.2, 0) is 0 Å². The average molecular weight is 285 g/mol. The van der Waals surface area contributed by atoms with Crippen molar-refractivity contribution in [2.75, 3.05) is 40.3 Å². The molecule has 1 aromatic carbocycles. The van der Waals surface area contributed by atoms with Crippen LogP contribution in [0, 0.1) is 17.2 Å². The number of ketones is 1. The Bertz CT molecular complexity index is 508. The third-order valence-corrected chi connectivity index (χ3v) is 4.03. The van der Waals surface area contributed by atoms with Gasteiger partial charge in [-0.3, -0.25) is 9.69 Å². The second kappa shape index (κ2) is 7.35. The summed E-state index contributed by atoms with van der Waals surface area (Å²) in [4.78, 5) is 16.7. The van der Waals surface area contributed by atoms with Gasteiger partial charge in [-0.1, -0.05) is 12.1 Å². The zero-order valence-corrected chi connectivity index (χ0v) is 12.9. The molecule has 0 spiro atoms. The number of benzene rings is 1. The molecule has 1 fully saturated rings. The lowest BCUT2D eigenvalue weighted by molar-refractivity contribution is 0.0886. The van der Waals surface area contributed by atoms with Crippen LogP contribution in [0.25, 0.3) is 0 Å². The second-order valence-electron chi connectivity index (χ2n) is 6.09. The largest absolute Gasteiger partial charge is 0.309 e. The smallest absolute Gasteiger partial charge is 0.176 e. The first-order valence-electron chi connectivity index (χ1n) is 7.49. The molecule has 0 radical (unpaired) electrons. The van der Waals surface area contributed by atoms with Gasteiger partial charge in [0, 0.05) is 12.1 Å². The molecule has 1 aliphatic rings. The van der Waals surface area contributed by atoms with E-state index in [2.05, 4.69) is 30.0 Å². The molecule has 1 heterocycles. The van der Waals surface area contributed by atoms with Crippen molar-refractivity contribution in [3.63, 3.8) is 0 Å². The Morgan fingerprint density at radius 1 is 1.29 bits per heavy atom. The molecule has 0 N–H and O–H groups in total. The lowest BCUT2D eigenvalue weighted by atomic mass is 9.96. The van der Waals surface area contributed by atoms with Crippen molar-refractivity contribution in [1.29, 1.82) is 5.26 Å². The minimum atomic E-state index is 0.144. The number of carbonyl (C=O) groups is 1. The van der Waals surface area contributed by atoms with Crippen LogP contribution in [-0.4, -0.2) is 55.9 Å². The fourth-order valence-corrected chi connectivity index (χ4v) is 2.87. The molecule has 0 aromatic heterocycles. The summed E-state index contributed by atoms with van der Waals surface area (Å²) in [5, 5.41) is 8.77.